The molecule has 0 spiro atoms. The van der Waals surface area contributed by atoms with E-state index in [1.165, 1.54) is 0 Å². The van der Waals surface area contributed by atoms with Gasteiger partial charge in [-0.25, -0.2) is 4.98 Å². The molecule has 3 N–H and O–H groups in total. The van der Waals surface area contributed by atoms with E-state index in [1.807, 2.05) is 59.3 Å². The van der Waals surface area contributed by atoms with Crippen molar-refractivity contribution in [3.63, 3.8) is 0 Å². The normalized spacial score (nSPS) is 10.5. The predicted octanol–water partition coefficient (Wildman–Crippen LogP) is 5.06. The minimum atomic E-state index is -0.153. The van der Waals surface area contributed by atoms with Crippen LogP contribution in [0.5, 0.6) is 0 Å². The highest BCUT2D eigenvalue weighted by atomic mass is 32.1. The number of rotatable bonds is 9. The first-order valence-electron chi connectivity index (χ1n) is 11.6. The fraction of sp³-hybridized carbons (Fsp3) is 0.259. The predicted molar refractivity (Wildman–Crippen MR) is 149 cm³/mol. The number of imidazole rings is 1. The molecule has 36 heavy (non-hydrogen) atoms. The Balaban J connectivity index is 0.000000840. The molecule has 8 nitrogen and oxygen atoms in total. The van der Waals surface area contributed by atoms with E-state index in [-0.39, 0.29) is 5.91 Å². The topological polar surface area (TPSA) is 99.9 Å². The molecule has 0 aliphatic carbocycles. The summed E-state index contributed by atoms with van der Waals surface area (Å²) >= 11 is 1.63. The zero-order chi connectivity index (χ0) is 26.1. The molecule has 0 radical (unpaired) electrons. The van der Waals surface area contributed by atoms with E-state index < -0.39 is 0 Å². The molecule has 0 aliphatic heterocycles. The molecule has 3 heterocycles. The number of benzene rings is 1. The Morgan fingerprint density at radius 3 is 2.69 bits per heavy atom. The number of fused-ring (bicyclic) bond motifs is 1. The van der Waals surface area contributed by atoms with E-state index in [0.717, 1.165) is 40.4 Å². The van der Waals surface area contributed by atoms with Crippen LogP contribution in [0.15, 0.2) is 58.3 Å². The Kier molecular flexibility index (Phi) is 9.35. The van der Waals surface area contributed by atoms with Crippen LogP contribution in [-0.2, 0) is 11.3 Å². The number of amides is 2. The second kappa shape index (κ2) is 12.6. The van der Waals surface area contributed by atoms with Crippen LogP contribution < -0.4 is 16.0 Å². The van der Waals surface area contributed by atoms with Crippen molar-refractivity contribution in [1.29, 1.82) is 0 Å². The molecule has 4 aromatic rings. The summed E-state index contributed by atoms with van der Waals surface area (Å²) in [5.74, 6) is 0.355. The molecule has 0 unspecified atom stereocenters. The molecule has 9 heteroatoms. The quantitative estimate of drug-likeness (QED) is 0.219. The highest BCUT2D eigenvalue weighted by molar-refractivity contribution is 7.08. The Hall–Kier alpha value is -3.98. The number of aromatic nitrogens is 2. The van der Waals surface area contributed by atoms with Gasteiger partial charge in [-0.2, -0.15) is 11.3 Å². The van der Waals surface area contributed by atoms with Gasteiger partial charge in [0.2, 0.25) is 6.41 Å². The van der Waals surface area contributed by atoms with Crippen LogP contribution in [0.1, 0.15) is 35.5 Å². The van der Waals surface area contributed by atoms with Gasteiger partial charge in [0.25, 0.3) is 5.91 Å². The average molecular weight is 505 g/mol. The van der Waals surface area contributed by atoms with Gasteiger partial charge in [0, 0.05) is 43.0 Å². The number of carbonyl (C=O) groups excluding carboxylic acids is 2. The van der Waals surface area contributed by atoms with E-state index >= 15 is 0 Å². The second-order valence-electron chi connectivity index (χ2n) is 8.55. The van der Waals surface area contributed by atoms with Crippen molar-refractivity contribution >= 4 is 47.4 Å². The van der Waals surface area contributed by atoms with Gasteiger partial charge in [-0.1, -0.05) is 19.9 Å². The fourth-order valence-electron chi connectivity index (χ4n) is 3.60. The van der Waals surface area contributed by atoms with Crippen LogP contribution in [0.2, 0.25) is 0 Å². The number of thiophene rings is 1. The van der Waals surface area contributed by atoms with E-state index in [4.69, 9.17) is 9.78 Å². The zero-order valence-electron chi connectivity index (χ0n) is 21.0. The molecule has 4 rings (SSSR count). The van der Waals surface area contributed by atoms with E-state index in [0.29, 0.717) is 30.1 Å². The molecule has 0 bridgehead atoms. The maximum absolute atomic E-state index is 13.1. The van der Waals surface area contributed by atoms with Crippen molar-refractivity contribution in [1.82, 2.24) is 20.0 Å². The molecule has 2 amide bonds. The third-order valence-corrected chi connectivity index (χ3v) is 6.11. The number of nitrogens with one attached hydrogen (secondary N) is 3. The van der Waals surface area contributed by atoms with Crippen LogP contribution >= 0.6 is 11.3 Å². The standard InChI is InChI=1S/C25H27N5OS.C2H5NO/c1-16(2)13-27-22-12-18(7-8-21(22)26-4)14-28-25(31)20-6-5-10-30-17(3)23(29-24(20)30)19-9-11-32-15-19;1-3-2-4/h5-12,15-16,27H,4,13-14H2,1-3H3,(H,28,31);2H,1H3,(H,3,4). The summed E-state index contributed by atoms with van der Waals surface area (Å²) in [4.78, 5) is 31.0. The lowest BCUT2D eigenvalue weighted by atomic mass is 10.1. The maximum Gasteiger partial charge on any atom is 0.255 e. The van der Waals surface area contributed by atoms with Crippen molar-refractivity contribution < 1.29 is 9.59 Å². The molecule has 3 aromatic heterocycles. The monoisotopic (exact) mass is 504 g/mol. The van der Waals surface area contributed by atoms with Gasteiger partial charge in [0.1, 0.15) is 0 Å². The molecule has 0 aliphatic rings. The summed E-state index contributed by atoms with van der Waals surface area (Å²) in [6, 6.07) is 11.6. The zero-order valence-corrected chi connectivity index (χ0v) is 21.9. The van der Waals surface area contributed by atoms with E-state index in [2.05, 4.69) is 46.9 Å². The van der Waals surface area contributed by atoms with Crippen molar-refractivity contribution in [2.75, 3.05) is 18.9 Å². The first kappa shape index (κ1) is 26.6. The lowest BCUT2D eigenvalue weighted by Crippen LogP contribution is -2.23. The molecule has 0 atom stereocenters. The number of anilines is 1. The average Bonchev–Trinajstić information content (AvgIpc) is 3.54. The van der Waals surface area contributed by atoms with Crippen LogP contribution in [0, 0.1) is 12.8 Å². The lowest BCUT2D eigenvalue weighted by Gasteiger charge is -2.13. The Morgan fingerprint density at radius 2 is 2.06 bits per heavy atom. The fourth-order valence-corrected chi connectivity index (χ4v) is 4.24. The SMILES string of the molecule is C=Nc1ccc(CNC(=O)c2cccn3c(C)c(-c4ccsc4)nc23)cc1NCC(C)C.CNC=O. The number of hydrogen-bond acceptors (Lipinski definition) is 6. The van der Waals surface area contributed by atoms with Gasteiger partial charge in [-0.05, 0) is 60.8 Å². The molecule has 1 aromatic carbocycles. The van der Waals surface area contributed by atoms with Gasteiger partial charge in [0.15, 0.2) is 5.65 Å². The van der Waals surface area contributed by atoms with Crippen LogP contribution in [0.4, 0.5) is 11.4 Å². The summed E-state index contributed by atoms with van der Waals surface area (Å²) in [6.07, 6.45) is 2.57. The van der Waals surface area contributed by atoms with Crippen LogP contribution in [-0.4, -0.2) is 42.0 Å². The van der Waals surface area contributed by atoms with Crippen LogP contribution in [0.25, 0.3) is 16.9 Å². The largest absolute Gasteiger partial charge is 0.383 e. The molecule has 0 fully saturated rings. The third kappa shape index (κ3) is 6.37. The molecular weight excluding hydrogens is 472 g/mol. The van der Waals surface area contributed by atoms with Gasteiger partial charge in [0.05, 0.1) is 22.6 Å². The molecular formula is C27H32N6O2S. The number of carbonyl (C=O) groups is 2. The Labute approximate surface area is 215 Å². The van der Waals surface area contributed by atoms with Crippen molar-refractivity contribution in [2.45, 2.75) is 27.3 Å². The van der Waals surface area contributed by atoms with Crippen LogP contribution in [0.3, 0.4) is 0 Å². The van der Waals surface area contributed by atoms with Gasteiger partial charge in [-0.3, -0.25) is 14.6 Å². The summed E-state index contributed by atoms with van der Waals surface area (Å²) in [6.45, 7) is 11.2. The number of aryl methyl sites for hydroxylation is 1. The molecule has 0 saturated carbocycles. The highest BCUT2D eigenvalue weighted by Gasteiger charge is 2.17. The maximum atomic E-state index is 13.1. The van der Waals surface area contributed by atoms with Crippen molar-refractivity contribution in [3.05, 3.63) is 70.2 Å². The highest BCUT2D eigenvalue weighted by Crippen LogP contribution is 2.28. The second-order valence-corrected chi connectivity index (χ2v) is 9.33. The van der Waals surface area contributed by atoms with E-state index in [9.17, 15) is 4.79 Å². The number of aliphatic imine (C=N–C) groups is 1. The summed E-state index contributed by atoms with van der Waals surface area (Å²) in [5, 5.41) is 12.8. The lowest BCUT2D eigenvalue weighted by molar-refractivity contribution is -0.109. The Bertz CT molecular complexity index is 1330. The van der Waals surface area contributed by atoms with Crippen molar-refractivity contribution in [3.8, 4) is 11.3 Å². The Morgan fingerprint density at radius 1 is 1.28 bits per heavy atom. The van der Waals surface area contributed by atoms with Gasteiger partial charge in [-0.15, -0.1) is 0 Å². The molecule has 0 saturated heterocycles. The summed E-state index contributed by atoms with van der Waals surface area (Å²) in [7, 11) is 1.56. The summed E-state index contributed by atoms with van der Waals surface area (Å²) in [5.41, 5.74) is 6.92. The van der Waals surface area contributed by atoms with E-state index in [1.54, 1.807) is 18.4 Å². The summed E-state index contributed by atoms with van der Waals surface area (Å²) < 4.78 is 1.97. The number of nitrogens with zero attached hydrogens (tertiary/aromatic N) is 3. The third-order valence-electron chi connectivity index (χ3n) is 5.43. The number of hydrogen-bond donors (Lipinski definition) is 3. The number of pyridine rings is 1. The molecule has 188 valence electrons. The van der Waals surface area contributed by atoms with Crippen molar-refractivity contribution in [2.24, 2.45) is 10.9 Å². The minimum absolute atomic E-state index is 0.153. The smallest absolute Gasteiger partial charge is 0.255 e. The first-order chi connectivity index (χ1) is 17.4. The van der Waals surface area contributed by atoms with Gasteiger partial charge >= 0.3 is 0 Å². The van der Waals surface area contributed by atoms with Gasteiger partial charge < -0.3 is 20.4 Å². The first-order valence-corrected chi connectivity index (χ1v) is 12.6. The minimum Gasteiger partial charge on any atom is -0.383 e.